The molecule has 0 saturated carbocycles. The Bertz CT molecular complexity index is 169. The summed E-state index contributed by atoms with van der Waals surface area (Å²) < 4.78 is 5.41. The molecule has 0 heterocycles. The first-order valence-corrected chi connectivity index (χ1v) is 6.86. The zero-order valence-corrected chi connectivity index (χ0v) is 11.1. The molecule has 0 fully saturated rings. The molecule has 1 heteroatoms. The molecule has 0 rings (SSSR count). The molecule has 0 N–H and O–H groups in total. The second-order valence-electron chi connectivity index (χ2n) is 4.59. The van der Waals surface area contributed by atoms with Gasteiger partial charge < -0.3 is 4.74 Å². The largest absolute Gasteiger partial charge is 0.366 e. The number of hydrogen-bond acceptors (Lipinski definition) is 1. The molecule has 1 nitrogen and oxygen atoms in total. The van der Waals surface area contributed by atoms with Crippen molar-refractivity contribution < 1.29 is 4.74 Å². The van der Waals surface area contributed by atoms with E-state index in [9.17, 15) is 0 Å². The molecule has 94 valence electrons. The fourth-order valence-corrected chi connectivity index (χ4v) is 1.84. The molecular weight excluding hydrogens is 196 g/mol. The first-order valence-electron chi connectivity index (χ1n) is 6.86. The fraction of sp³-hybridized carbons (Fsp3) is 0.867. The molecule has 0 aromatic rings. The summed E-state index contributed by atoms with van der Waals surface area (Å²) in [7, 11) is 0. The molecule has 0 aromatic carbocycles. The van der Waals surface area contributed by atoms with Crippen LogP contribution in [0.25, 0.3) is 0 Å². The number of ether oxygens (including phenoxy) is 1. The zero-order chi connectivity index (χ0) is 12.1. The van der Waals surface area contributed by atoms with Gasteiger partial charge in [0.1, 0.15) is 6.61 Å². The first kappa shape index (κ1) is 15.5. The predicted molar refractivity (Wildman–Crippen MR) is 71.5 cm³/mol. The minimum atomic E-state index is 0.330. The van der Waals surface area contributed by atoms with Crippen LogP contribution in [0.1, 0.15) is 71.6 Å². The minimum absolute atomic E-state index is 0.330. The molecule has 0 saturated heterocycles. The van der Waals surface area contributed by atoms with Crippen LogP contribution in [0.2, 0.25) is 0 Å². The van der Waals surface area contributed by atoms with Crippen LogP contribution in [0.3, 0.4) is 0 Å². The topological polar surface area (TPSA) is 9.23 Å². The number of terminal acetylenes is 1. The van der Waals surface area contributed by atoms with Crippen molar-refractivity contribution in [3.63, 3.8) is 0 Å². The van der Waals surface area contributed by atoms with E-state index in [2.05, 4.69) is 19.8 Å². The van der Waals surface area contributed by atoms with Crippen LogP contribution in [-0.2, 0) is 4.74 Å². The SMILES string of the molecule is C#CCOC(C)CCCCCCCCCC. The predicted octanol–water partition coefficient (Wildman–Crippen LogP) is 4.56. The fourth-order valence-electron chi connectivity index (χ4n) is 1.84. The van der Waals surface area contributed by atoms with E-state index in [1.54, 1.807) is 0 Å². The van der Waals surface area contributed by atoms with Gasteiger partial charge in [-0.15, -0.1) is 6.42 Å². The van der Waals surface area contributed by atoms with Crippen LogP contribution in [0.5, 0.6) is 0 Å². The molecule has 0 aromatic heterocycles. The van der Waals surface area contributed by atoms with Crippen LogP contribution in [-0.4, -0.2) is 12.7 Å². The molecule has 0 aliphatic carbocycles. The van der Waals surface area contributed by atoms with Gasteiger partial charge in [0.15, 0.2) is 0 Å². The third-order valence-corrected chi connectivity index (χ3v) is 2.92. The van der Waals surface area contributed by atoms with Crippen molar-refractivity contribution in [2.75, 3.05) is 6.61 Å². The molecule has 1 atom stereocenters. The van der Waals surface area contributed by atoms with E-state index in [0.29, 0.717) is 12.7 Å². The average molecular weight is 224 g/mol. The monoisotopic (exact) mass is 224 g/mol. The maximum absolute atomic E-state index is 5.41. The summed E-state index contributed by atoms with van der Waals surface area (Å²) in [4.78, 5) is 0. The third kappa shape index (κ3) is 11.6. The van der Waals surface area contributed by atoms with Gasteiger partial charge in [0.2, 0.25) is 0 Å². The first-order chi connectivity index (χ1) is 7.81. The normalized spacial score (nSPS) is 12.3. The summed E-state index contributed by atoms with van der Waals surface area (Å²) in [6, 6.07) is 0. The van der Waals surface area contributed by atoms with E-state index in [4.69, 9.17) is 11.2 Å². The molecular formula is C15H28O. The van der Waals surface area contributed by atoms with Crippen molar-refractivity contribution in [3.05, 3.63) is 0 Å². The van der Waals surface area contributed by atoms with E-state index in [-0.39, 0.29) is 0 Å². The Hall–Kier alpha value is -0.480. The van der Waals surface area contributed by atoms with Gasteiger partial charge in [-0.3, -0.25) is 0 Å². The maximum Gasteiger partial charge on any atom is 0.107 e. The smallest absolute Gasteiger partial charge is 0.107 e. The van der Waals surface area contributed by atoms with Crippen LogP contribution in [0, 0.1) is 12.3 Å². The quantitative estimate of drug-likeness (QED) is 0.369. The lowest BCUT2D eigenvalue weighted by Crippen LogP contribution is -2.07. The average Bonchev–Trinajstić information content (AvgIpc) is 2.30. The maximum atomic E-state index is 5.41. The molecule has 0 radical (unpaired) electrons. The molecule has 0 bridgehead atoms. The van der Waals surface area contributed by atoms with Gasteiger partial charge in [0, 0.05) is 0 Å². The number of hydrogen-bond donors (Lipinski definition) is 0. The highest BCUT2D eigenvalue weighted by Gasteiger charge is 2.00. The molecule has 16 heavy (non-hydrogen) atoms. The lowest BCUT2D eigenvalue weighted by atomic mass is 10.1. The van der Waals surface area contributed by atoms with E-state index in [1.165, 1.54) is 51.4 Å². The summed E-state index contributed by atoms with van der Waals surface area (Å²) in [5.74, 6) is 2.51. The Morgan fingerprint density at radius 3 is 2.12 bits per heavy atom. The Balaban J connectivity index is 3.06. The summed E-state index contributed by atoms with van der Waals surface area (Å²) in [5, 5.41) is 0. The summed E-state index contributed by atoms with van der Waals surface area (Å²) in [6.07, 6.45) is 17.6. The van der Waals surface area contributed by atoms with Crippen LogP contribution < -0.4 is 0 Å². The van der Waals surface area contributed by atoms with E-state index >= 15 is 0 Å². The number of rotatable bonds is 11. The van der Waals surface area contributed by atoms with E-state index in [0.717, 1.165) is 6.42 Å². The molecule has 0 spiro atoms. The Morgan fingerprint density at radius 1 is 1.00 bits per heavy atom. The van der Waals surface area contributed by atoms with Gasteiger partial charge in [0.25, 0.3) is 0 Å². The summed E-state index contributed by atoms with van der Waals surface area (Å²) in [6.45, 7) is 4.83. The lowest BCUT2D eigenvalue weighted by Gasteiger charge is -2.10. The number of unbranched alkanes of at least 4 members (excludes halogenated alkanes) is 7. The van der Waals surface area contributed by atoms with Gasteiger partial charge in [-0.25, -0.2) is 0 Å². The van der Waals surface area contributed by atoms with Crippen molar-refractivity contribution >= 4 is 0 Å². The second kappa shape index (κ2) is 12.6. The summed E-state index contributed by atoms with van der Waals surface area (Å²) >= 11 is 0. The molecule has 1 unspecified atom stereocenters. The molecule has 0 aliphatic rings. The van der Waals surface area contributed by atoms with Gasteiger partial charge in [-0.05, 0) is 13.3 Å². The highest BCUT2D eigenvalue weighted by molar-refractivity contribution is 4.83. The van der Waals surface area contributed by atoms with Crippen LogP contribution in [0.15, 0.2) is 0 Å². The van der Waals surface area contributed by atoms with Crippen molar-refractivity contribution in [1.29, 1.82) is 0 Å². The Morgan fingerprint density at radius 2 is 1.56 bits per heavy atom. The van der Waals surface area contributed by atoms with Crippen molar-refractivity contribution in [1.82, 2.24) is 0 Å². The van der Waals surface area contributed by atoms with E-state index < -0.39 is 0 Å². The van der Waals surface area contributed by atoms with Gasteiger partial charge in [-0.1, -0.05) is 64.2 Å². The lowest BCUT2D eigenvalue weighted by molar-refractivity contribution is 0.0835. The van der Waals surface area contributed by atoms with E-state index in [1.807, 2.05) is 0 Å². The second-order valence-corrected chi connectivity index (χ2v) is 4.59. The third-order valence-electron chi connectivity index (χ3n) is 2.92. The van der Waals surface area contributed by atoms with Gasteiger partial charge >= 0.3 is 0 Å². The highest BCUT2D eigenvalue weighted by Crippen LogP contribution is 2.11. The standard InChI is InChI=1S/C15H28O/c1-4-6-7-8-9-10-11-12-13-15(3)16-14-5-2/h2,15H,4,6-14H2,1,3H3. The van der Waals surface area contributed by atoms with Crippen molar-refractivity contribution in [3.8, 4) is 12.3 Å². The van der Waals surface area contributed by atoms with Crippen LogP contribution in [0.4, 0.5) is 0 Å². The highest BCUT2D eigenvalue weighted by atomic mass is 16.5. The molecule has 0 amide bonds. The minimum Gasteiger partial charge on any atom is -0.366 e. The Kier molecular flexibility index (Phi) is 12.2. The van der Waals surface area contributed by atoms with Crippen LogP contribution >= 0.6 is 0 Å². The summed E-state index contributed by atoms with van der Waals surface area (Å²) in [5.41, 5.74) is 0. The van der Waals surface area contributed by atoms with Crippen molar-refractivity contribution in [2.24, 2.45) is 0 Å². The molecule has 0 aliphatic heterocycles. The van der Waals surface area contributed by atoms with Gasteiger partial charge in [-0.2, -0.15) is 0 Å². The van der Waals surface area contributed by atoms with Crippen molar-refractivity contribution in [2.45, 2.75) is 77.7 Å². The zero-order valence-electron chi connectivity index (χ0n) is 11.1. The van der Waals surface area contributed by atoms with Gasteiger partial charge in [0.05, 0.1) is 6.10 Å². The Labute approximate surface area is 102 Å².